The largest absolute Gasteiger partial charge is 0.461 e. The Morgan fingerprint density at radius 2 is 1.89 bits per heavy atom. The van der Waals surface area contributed by atoms with E-state index in [0.717, 1.165) is 12.1 Å². The number of nitrogens with zero attached hydrogens (tertiary/aromatic N) is 2. The van der Waals surface area contributed by atoms with Gasteiger partial charge in [0, 0.05) is 11.1 Å². The third-order valence-corrected chi connectivity index (χ3v) is 3.85. The van der Waals surface area contributed by atoms with Gasteiger partial charge < -0.3 is 9.47 Å². The highest BCUT2D eigenvalue weighted by Gasteiger charge is 2.38. The maximum atomic E-state index is 13.5. The molecule has 0 aliphatic carbocycles. The van der Waals surface area contributed by atoms with Gasteiger partial charge in [-0.2, -0.15) is 18.3 Å². The van der Waals surface area contributed by atoms with E-state index < -0.39 is 34.6 Å². The summed E-state index contributed by atoms with van der Waals surface area (Å²) in [6.45, 7) is 8.53. The van der Waals surface area contributed by atoms with Gasteiger partial charge in [-0.1, -0.05) is 12.1 Å². The van der Waals surface area contributed by atoms with Crippen molar-refractivity contribution in [3.8, 4) is 11.6 Å². The number of carbonyl (C=O) groups excluding carboxylic acids is 2. The molecule has 2 rings (SSSR count). The number of alkyl halides is 3. The van der Waals surface area contributed by atoms with Gasteiger partial charge in [0.25, 0.3) is 0 Å². The van der Waals surface area contributed by atoms with Crippen molar-refractivity contribution in [2.75, 3.05) is 6.61 Å². The number of hydrogen-bond donors (Lipinski definition) is 0. The molecular formula is C19H21F3N2O4. The lowest BCUT2D eigenvalue weighted by Crippen LogP contribution is -2.24. The Kier molecular flexibility index (Phi) is 5.86. The number of aldehydes is 1. The summed E-state index contributed by atoms with van der Waals surface area (Å²) in [5.74, 6) is -1.30. The van der Waals surface area contributed by atoms with Gasteiger partial charge in [0.15, 0.2) is 12.0 Å². The second-order valence-electron chi connectivity index (χ2n) is 7.02. The molecule has 2 aromatic rings. The number of hydrogen-bond acceptors (Lipinski definition) is 5. The van der Waals surface area contributed by atoms with Gasteiger partial charge in [0.1, 0.15) is 11.3 Å². The molecule has 0 aliphatic rings. The van der Waals surface area contributed by atoms with Crippen molar-refractivity contribution in [2.24, 2.45) is 0 Å². The fraction of sp³-hybridized carbons (Fsp3) is 0.421. The summed E-state index contributed by atoms with van der Waals surface area (Å²) in [5.41, 5.74) is -2.25. The van der Waals surface area contributed by atoms with Crippen LogP contribution in [0.15, 0.2) is 18.2 Å². The molecule has 0 fully saturated rings. The smallest absolute Gasteiger partial charge is 0.420 e. The first kappa shape index (κ1) is 21.5. The fourth-order valence-corrected chi connectivity index (χ4v) is 2.59. The van der Waals surface area contributed by atoms with E-state index in [-0.39, 0.29) is 30.0 Å². The van der Waals surface area contributed by atoms with Crippen LogP contribution in [0.3, 0.4) is 0 Å². The van der Waals surface area contributed by atoms with Gasteiger partial charge in [-0.25, -0.2) is 9.48 Å². The van der Waals surface area contributed by atoms with Crippen molar-refractivity contribution >= 4 is 12.3 Å². The standard InChI is InChI=1S/C19H21F3N2O4/c1-6-27-17(26)15-11(2)16(24(23-15)18(3,4)5)28-13-9-7-8-12(10-25)14(13)19(20,21)22/h7-10H,6H2,1-5H3. The lowest BCUT2D eigenvalue weighted by atomic mass is 10.1. The topological polar surface area (TPSA) is 70.4 Å². The maximum absolute atomic E-state index is 13.5. The lowest BCUT2D eigenvalue weighted by molar-refractivity contribution is -0.138. The average molecular weight is 398 g/mol. The van der Waals surface area contributed by atoms with Crippen LogP contribution in [0.1, 0.15) is 59.7 Å². The summed E-state index contributed by atoms with van der Waals surface area (Å²) in [6.07, 6.45) is -4.69. The zero-order chi connectivity index (χ0) is 21.3. The molecule has 152 valence electrons. The predicted molar refractivity (Wildman–Crippen MR) is 94.8 cm³/mol. The Balaban J connectivity index is 2.67. The highest BCUT2D eigenvalue weighted by atomic mass is 19.4. The third-order valence-electron chi connectivity index (χ3n) is 3.85. The molecule has 1 aromatic heterocycles. The Labute approximate surface area is 160 Å². The van der Waals surface area contributed by atoms with Gasteiger partial charge in [0.2, 0.25) is 5.88 Å². The molecule has 0 unspecified atom stereocenters. The molecule has 0 aliphatic heterocycles. The molecule has 0 amide bonds. The van der Waals surface area contributed by atoms with E-state index in [2.05, 4.69) is 5.10 Å². The minimum Gasteiger partial charge on any atom is -0.461 e. The molecule has 0 radical (unpaired) electrons. The molecule has 1 aromatic carbocycles. The first-order valence-electron chi connectivity index (χ1n) is 8.52. The normalized spacial score (nSPS) is 12.0. The van der Waals surface area contributed by atoms with Crippen LogP contribution in [-0.2, 0) is 16.5 Å². The van der Waals surface area contributed by atoms with E-state index in [4.69, 9.17) is 9.47 Å². The Morgan fingerprint density at radius 1 is 1.25 bits per heavy atom. The highest BCUT2D eigenvalue weighted by Crippen LogP contribution is 2.41. The number of esters is 1. The molecule has 1 heterocycles. The van der Waals surface area contributed by atoms with Crippen LogP contribution in [0.5, 0.6) is 11.6 Å². The monoisotopic (exact) mass is 398 g/mol. The van der Waals surface area contributed by atoms with E-state index in [1.807, 2.05) is 0 Å². The Morgan fingerprint density at radius 3 is 2.39 bits per heavy atom. The van der Waals surface area contributed by atoms with E-state index in [1.54, 1.807) is 27.7 Å². The Hall–Kier alpha value is -2.84. The molecule has 9 heteroatoms. The zero-order valence-corrected chi connectivity index (χ0v) is 16.2. The summed E-state index contributed by atoms with van der Waals surface area (Å²) in [7, 11) is 0. The van der Waals surface area contributed by atoms with Gasteiger partial charge in [-0.3, -0.25) is 4.79 Å². The molecule has 6 nitrogen and oxygen atoms in total. The van der Waals surface area contributed by atoms with E-state index in [0.29, 0.717) is 0 Å². The summed E-state index contributed by atoms with van der Waals surface area (Å²) < 4.78 is 52.5. The number of rotatable bonds is 5. The van der Waals surface area contributed by atoms with Crippen molar-refractivity contribution in [1.82, 2.24) is 9.78 Å². The number of aromatic nitrogens is 2. The van der Waals surface area contributed by atoms with Crippen molar-refractivity contribution in [3.63, 3.8) is 0 Å². The zero-order valence-electron chi connectivity index (χ0n) is 16.2. The number of benzene rings is 1. The Bertz CT molecular complexity index is 896. The molecule has 0 atom stereocenters. The van der Waals surface area contributed by atoms with Crippen LogP contribution in [0.4, 0.5) is 13.2 Å². The average Bonchev–Trinajstić information content (AvgIpc) is 2.91. The van der Waals surface area contributed by atoms with Crippen LogP contribution in [0, 0.1) is 6.92 Å². The van der Waals surface area contributed by atoms with E-state index >= 15 is 0 Å². The predicted octanol–water partition coefficient (Wildman–Crippen LogP) is 4.75. The SMILES string of the molecule is CCOC(=O)c1nn(C(C)(C)C)c(Oc2cccc(C=O)c2C(F)(F)F)c1C. The molecule has 28 heavy (non-hydrogen) atoms. The second-order valence-corrected chi connectivity index (χ2v) is 7.02. The first-order chi connectivity index (χ1) is 12.9. The van der Waals surface area contributed by atoms with Crippen LogP contribution >= 0.6 is 0 Å². The van der Waals surface area contributed by atoms with Crippen molar-refractivity contribution in [2.45, 2.75) is 46.3 Å². The van der Waals surface area contributed by atoms with Crippen molar-refractivity contribution < 1.29 is 32.2 Å². The molecule has 0 N–H and O–H groups in total. The minimum absolute atomic E-state index is 0.0379. The van der Waals surface area contributed by atoms with Crippen LogP contribution in [0.2, 0.25) is 0 Å². The number of ether oxygens (including phenoxy) is 2. The first-order valence-corrected chi connectivity index (χ1v) is 8.52. The summed E-state index contributed by atoms with van der Waals surface area (Å²) >= 11 is 0. The second kappa shape index (κ2) is 7.65. The summed E-state index contributed by atoms with van der Waals surface area (Å²) in [5, 5.41) is 4.20. The molecule has 0 spiro atoms. The molecule has 0 saturated carbocycles. The fourth-order valence-electron chi connectivity index (χ4n) is 2.59. The summed E-state index contributed by atoms with van der Waals surface area (Å²) in [4.78, 5) is 23.3. The van der Waals surface area contributed by atoms with Gasteiger partial charge >= 0.3 is 12.1 Å². The quantitative estimate of drug-likeness (QED) is 0.537. The number of halogens is 3. The third kappa shape index (κ3) is 4.18. The maximum Gasteiger partial charge on any atom is 0.420 e. The van der Waals surface area contributed by atoms with Gasteiger partial charge in [-0.05, 0) is 40.7 Å². The molecular weight excluding hydrogens is 377 g/mol. The van der Waals surface area contributed by atoms with Gasteiger partial charge in [-0.15, -0.1) is 0 Å². The van der Waals surface area contributed by atoms with E-state index in [9.17, 15) is 22.8 Å². The number of carbonyl (C=O) groups is 2. The van der Waals surface area contributed by atoms with Crippen LogP contribution in [0.25, 0.3) is 0 Å². The highest BCUT2D eigenvalue weighted by molar-refractivity contribution is 5.89. The van der Waals surface area contributed by atoms with Gasteiger partial charge in [0.05, 0.1) is 12.1 Å². The van der Waals surface area contributed by atoms with Crippen LogP contribution in [-0.4, -0.2) is 28.6 Å². The minimum atomic E-state index is -4.81. The van der Waals surface area contributed by atoms with E-state index in [1.165, 1.54) is 17.7 Å². The van der Waals surface area contributed by atoms with Crippen molar-refractivity contribution in [1.29, 1.82) is 0 Å². The lowest BCUT2D eigenvalue weighted by Gasteiger charge is -2.23. The van der Waals surface area contributed by atoms with Crippen LogP contribution < -0.4 is 4.74 Å². The molecule has 0 bridgehead atoms. The molecule has 0 saturated heterocycles. The van der Waals surface area contributed by atoms with Crippen molar-refractivity contribution in [3.05, 3.63) is 40.6 Å². The summed E-state index contributed by atoms with van der Waals surface area (Å²) in [6, 6.07) is 3.45.